The van der Waals surface area contributed by atoms with E-state index in [0.717, 1.165) is 25.3 Å². The molecule has 0 atom stereocenters. The Bertz CT molecular complexity index is 601. The van der Waals surface area contributed by atoms with Gasteiger partial charge in [0.15, 0.2) is 0 Å². The summed E-state index contributed by atoms with van der Waals surface area (Å²) < 4.78 is 5.92. The van der Waals surface area contributed by atoms with Gasteiger partial charge in [0, 0.05) is 13.0 Å². The average Bonchev–Trinajstić information content (AvgIpc) is 2.70. The van der Waals surface area contributed by atoms with Crippen molar-refractivity contribution in [3.63, 3.8) is 0 Å². The zero-order chi connectivity index (χ0) is 19.2. The summed E-state index contributed by atoms with van der Waals surface area (Å²) in [5.41, 5.74) is 2.88. The van der Waals surface area contributed by atoms with Crippen LogP contribution in [0.4, 0.5) is 0 Å². The molecule has 2 heteroatoms. The lowest BCUT2D eigenvalue weighted by molar-refractivity contribution is 0.252. The summed E-state index contributed by atoms with van der Waals surface area (Å²) in [6, 6.07) is 19.0. The maximum atomic E-state index is 5.92. The Morgan fingerprint density at radius 3 is 1.93 bits per heavy atom. The topological polar surface area (TPSA) is 12.5 Å². The van der Waals surface area contributed by atoms with E-state index in [-0.39, 0.29) is 0 Å². The van der Waals surface area contributed by atoms with Crippen molar-refractivity contribution in [2.24, 2.45) is 0 Å². The Morgan fingerprint density at radius 2 is 1.30 bits per heavy atom. The third kappa shape index (κ3) is 8.62. The molecule has 148 valence electrons. The molecule has 0 heterocycles. The van der Waals surface area contributed by atoms with Gasteiger partial charge in [-0.05, 0) is 49.2 Å². The SMILES string of the molecule is CCCCCN(CCCCC)Cc1ccccc1CCOc1ccccc1. The lowest BCUT2D eigenvalue weighted by Gasteiger charge is -2.24. The monoisotopic (exact) mass is 367 g/mol. The van der Waals surface area contributed by atoms with Gasteiger partial charge in [0.1, 0.15) is 5.75 Å². The molecule has 0 saturated carbocycles. The smallest absolute Gasteiger partial charge is 0.119 e. The van der Waals surface area contributed by atoms with Crippen LogP contribution in [0, 0.1) is 0 Å². The van der Waals surface area contributed by atoms with Crippen molar-refractivity contribution >= 4 is 0 Å². The summed E-state index contributed by atoms with van der Waals surface area (Å²) in [6.07, 6.45) is 8.81. The molecule has 0 fully saturated rings. The fourth-order valence-electron chi connectivity index (χ4n) is 3.43. The lowest BCUT2D eigenvalue weighted by Crippen LogP contribution is -2.26. The first-order valence-electron chi connectivity index (χ1n) is 10.8. The van der Waals surface area contributed by atoms with Crippen molar-refractivity contribution in [3.05, 3.63) is 65.7 Å². The minimum atomic E-state index is 0.729. The van der Waals surface area contributed by atoms with E-state index in [9.17, 15) is 0 Å². The highest BCUT2D eigenvalue weighted by Crippen LogP contribution is 2.16. The molecular formula is C25H37NO. The first kappa shape index (κ1) is 21.5. The number of benzene rings is 2. The van der Waals surface area contributed by atoms with Gasteiger partial charge in [-0.25, -0.2) is 0 Å². The van der Waals surface area contributed by atoms with E-state index < -0.39 is 0 Å². The Labute approximate surface area is 166 Å². The van der Waals surface area contributed by atoms with E-state index in [1.165, 1.54) is 62.7 Å². The Balaban J connectivity index is 1.91. The fourth-order valence-corrected chi connectivity index (χ4v) is 3.43. The molecule has 27 heavy (non-hydrogen) atoms. The largest absolute Gasteiger partial charge is 0.493 e. The van der Waals surface area contributed by atoms with Gasteiger partial charge in [-0.1, -0.05) is 82.0 Å². The molecule has 0 unspecified atom stereocenters. The number of hydrogen-bond donors (Lipinski definition) is 0. The summed E-state index contributed by atoms with van der Waals surface area (Å²) in [5.74, 6) is 0.954. The van der Waals surface area contributed by atoms with Gasteiger partial charge < -0.3 is 4.74 Å². The van der Waals surface area contributed by atoms with Crippen molar-refractivity contribution in [3.8, 4) is 5.75 Å². The second-order valence-corrected chi connectivity index (χ2v) is 7.37. The molecule has 2 rings (SSSR count). The van der Waals surface area contributed by atoms with Gasteiger partial charge >= 0.3 is 0 Å². The predicted molar refractivity (Wildman–Crippen MR) is 116 cm³/mol. The normalized spacial score (nSPS) is 11.1. The van der Waals surface area contributed by atoms with Crippen LogP contribution in [0.1, 0.15) is 63.5 Å². The van der Waals surface area contributed by atoms with Crippen LogP contribution in [0.2, 0.25) is 0 Å². The molecule has 0 aliphatic rings. The molecule has 0 N–H and O–H groups in total. The molecule has 2 nitrogen and oxygen atoms in total. The first-order valence-corrected chi connectivity index (χ1v) is 10.8. The Morgan fingerprint density at radius 1 is 0.704 bits per heavy atom. The van der Waals surface area contributed by atoms with Crippen molar-refractivity contribution in [2.45, 2.75) is 65.3 Å². The second kappa shape index (κ2) is 13.4. The molecule has 0 spiro atoms. The Kier molecular flexibility index (Phi) is 10.7. The van der Waals surface area contributed by atoms with Crippen molar-refractivity contribution in [1.82, 2.24) is 4.90 Å². The maximum absolute atomic E-state index is 5.92. The highest BCUT2D eigenvalue weighted by molar-refractivity contribution is 5.28. The third-order valence-corrected chi connectivity index (χ3v) is 5.05. The molecule has 0 radical (unpaired) electrons. The second-order valence-electron chi connectivity index (χ2n) is 7.37. The molecule has 0 aliphatic carbocycles. The highest BCUT2D eigenvalue weighted by Gasteiger charge is 2.09. The van der Waals surface area contributed by atoms with Gasteiger partial charge in [0.05, 0.1) is 6.61 Å². The van der Waals surface area contributed by atoms with Crippen LogP contribution in [-0.2, 0) is 13.0 Å². The van der Waals surface area contributed by atoms with Crippen LogP contribution >= 0.6 is 0 Å². The molecule has 2 aromatic carbocycles. The number of ether oxygens (including phenoxy) is 1. The molecule has 0 aliphatic heterocycles. The quantitative estimate of drug-likeness (QED) is 0.354. The number of unbranched alkanes of at least 4 members (excludes halogenated alkanes) is 4. The average molecular weight is 368 g/mol. The Hall–Kier alpha value is -1.80. The summed E-state index contributed by atoms with van der Waals surface area (Å²) in [5, 5.41) is 0. The van der Waals surface area contributed by atoms with Crippen LogP contribution in [0.15, 0.2) is 54.6 Å². The van der Waals surface area contributed by atoms with Crippen LogP contribution in [-0.4, -0.2) is 24.6 Å². The fraction of sp³-hybridized carbons (Fsp3) is 0.520. The molecule has 2 aromatic rings. The summed E-state index contributed by atoms with van der Waals surface area (Å²) in [4.78, 5) is 2.65. The van der Waals surface area contributed by atoms with Crippen molar-refractivity contribution in [1.29, 1.82) is 0 Å². The lowest BCUT2D eigenvalue weighted by atomic mass is 10.0. The minimum Gasteiger partial charge on any atom is -0.493 e. The number of hydrogen-bond acceptors (Lipinski definition) is 2. The van der Waals surface area contributed by atoms with E-state index in [1.807, 2.05) is 30.3 Å². The summed E-state index contributed by atoms with van der Waals surface area (Å²) in [6.45, 7) is 8.79. The summed E-state index contributed by atoms with van der Waals surface area (Å²) >= 11 is 0. The number of rotatable bonds is 14. The number of para-hydroxylation sites is 1. The van der Waals surface area contributed by atoms with Crippen LogP contribution in [0.3, 0.4) is 0 Å². The van der Waals surface area contributed by atoms with E-state index in [0.29, 0.717) is 0 Å². The zero-order valence-corrected chi connectivity index (χ0v) is 17.3. The van der Waals surface area contributed by atoms with Gasteiger partial charge in [-0.3, -0.25) is 4.90 Å². The predicted octanol–water partition coefficient (Wildman–Crippen LogP) is 6.49. The molecule has 0 bridgehead atoms. The van der Waals surface area contributed by atoms with Crippen molar-refractivity contribution < 1.29 is 4.74 Å². The molecular weight excluding hydrogens is 330 g/mol. The molecule has 0 amide bonds. The van der Waals surface area contributed by atoms with E-state index >= 15 is 0 Å². The summed E-state index contributed by atoms with van der Waals surface area (Å²) in [7, 11) is 0. The molecule has 0 saturated heterocycles. The minimum absolute atomic E-state index is 0.729. The van der Waals surface area contributed by atoms with E-state index in [2.05, 4.69) is 43.0 Å². The van der Waals surface area contributed by atoms with Crippen molar-refractivity contribution in [2.75, 3.05) is 19.7 Å². The van der Waals surface area contributed by atoms with Gasteiger partial charge in [-0.2, -0.15) is 0 Å². The highest BCUT2D eigenvalue weighted by atomic mass is 16.5. The zero-order valence-electron chi connectivity index (χ0n) is 17.3. The number of nitrogens with zero attached hydrogens (tertiary/aromatic N) is 1. The van der Waals surface area contributed by atoms with Gasteiger partial charge in [-0.15, -0.1) is 0 Å². The third-order valence-electron chi connectivity index (χ3n) is 5.05. The van der Waals surface area contributed by atoms with E-state index in [4.69, 9.17) is 4.74 Å². The van der Waals surface area contributed by atoms with Gasteiger partial charge in [0.25, 0.3) is 0 Å². The van der Waals surface area contributed by atoms with Crippen LogP contribution < -0.4 is 4.74 Å². The van der Waals surface area contributed by atoms with E-state index in [1.54, 1.807) is 0 Å². The van der Waals surface area contributed by atoms with Crippen LogP contribution in [0.5, 0.6) is 5.75 Å². The standard InChI is InChI=1S/C25H37NO/c1-3-5-12-19-26(20-13-6-4-2)22-24-15-11-10-14-23(24)18-21-27-25-16-8-7-9-17-25/h7-11,14-17H,3-6,12-13,18-22H2,1-2H3. The maximum Gasteiger partial charge on any atom is 0.119 e. The van der Waals surface area contributed by atoms with Crippen LogP contribution in [0.25, 0.3) is 0 Å². The molecule has 0 aromatic heterocycles. The first-order chi connectivity index (χ1) is 13.3. The van der Waals surface area contributed by atoms with Gasteiger partial charge in [0.2, 0.25) is 0 Å².